The third kappa shape index (κ3) is 3.47. The first-order chi connectivity index (χ1) is 12.2. The largest absolute Gasteiger partial charge is 0.477 e. The second-order valence-corrected chi connectivity index (χ2v) is 9.69. The molecule has 8 nitrogen and oxygen atoms in total. The zero-order chi connectivity index (χ0) is 19.2. The lowest BCUT2D eigenvalue weighted by atomic mass is 9.92. The number of aliphatic carboxylic acids is 1. The van der Waals surface area contributed by atoms with Gasteiger partial charge >= 0.3 is 5.97 Å². The van der Waals surface area contributed by atoms with Crippen molar-refractivity contribution in [2.75, 3.05) is 20.6 Å². The van der Waals surface area contributed by atoms with E-state index >= 15 is 0 Å². The summed E-state index contributed by atoms with van der Waals surface area (Å²) in [4.78, 5) is 38.6. The first kappa shape index (κ1) is 19.5. The second kappa shape index (κ2) is 7.41. The number of β-lactam (4-membered cyclic amide) rings is 1. The number of nitrogens with one attached hydrogen (secondary N) is 1. The summed E-state index contributed by atoms with van der Waals surface area (Å²) in [6.07, 6.45) is 0.379. The molecular formula is C16H23N3O5S2. The van der Waals surface area contributed by atoms with E-state index in [4.69, 9.17) is 0 Å². The predicted octanol–water partition coefficient (Wildman–Crippen LogP) is 0.0942. The Bertz CT molecular complexity index is 666. The Morgan fingerprint density at radius 1 is 1.46 bits per heavy atom. The molecule has 0 radical (unpaired) electrons. The molecule has 26 heavy (non-hydrogen) atoms. The zero-order valence-electron chi connectivity index (χ0n) is 14.8. The van der Waals surface area contributed by atoms with Gasteiger partial charge in [0.05, 0.1) is 16.3 Å². The standard InChI is InChI=1S/C16H23N3O5S2/c1-7(20)11-13(22)19-12(15(23)24)16(26-14(11)19)25-9-4-8(17-6-9)5-10(21)18(2)3/h7-9,11,14,17,20H,4-6H2,1-3H3,(H,23,24)/t7-,8+,9+,11+,14-/m1/s1. The minimum absolute atomic E-state index is 0.0275. The molecule has 3 aliphatic heterocycles. The van der Waals surface area contributed by atoms with Crippen LogP contribution in [0.25, 0.3) is 0 Å². The van der Waals surface area contributed by atoms with E-state index in [0.29, 0.717) is 17.2 Å². The van der Waals surface area contributed by atoms with Gasteiger partial charge in [-0.3, -0.25) is 14.5 Å². The average Bonchev–Trinajstić information content (AvgIpc) is 3.09. The highest BCUT2D eigenvalue weighted by Crippen LogP contribution is 2.55. The van der Waals surface area contributed by atoms with Gasteiger partial charge in [-0.2, -0.15) is 0 Å². The number of amides is 2. The summed E-state index contributed by atoms with van der Waals surface area (Å²) in [7, 11) is 3.45. The third-order valence-corrected chi connectivity index (χ3v) is 7.67. The quantitative estimate of drug-likeness (QED) is 0.538. The van der Waals surface area contributed by atoms with Crippen molar-refractivity contribution in [3.63, 3.8) is 0 Å². The van der Waals surface area contributed by atoms with Gasteiger partial charge in [0.25, 0.3) is 0 Å². The number of carbonyl (C=O) groups excluding carboxylic acids is 2. The molecule has 0 bridgehead atoms. The summed E-state index contributed by atoms with van der Waals surface area (Å²) in [5, 5.41) is 22.4. The van der Waals surface area contributed by atoms with Crippen LogP contribution in [0.4, 0.5) is 0 Å². The van der Waals surface area contributed by atoms with Gasteiger partial charge in [-0.05, 0) is 13.3 Å². The van der Waals surface area contributed by atoms with Crippen LogP contribution in [-0.4, -0.2) is 81.2 Å². The average molecular weight is 402 g/mol. The normalized spacial score (nSPS) is 31.7. The van der Waals surface area contributed by atoms with Crippen LogP contribution in [0.3, 0.4) is 0 Å². The van der Waals surface area contributed by atoms with E-state index in [2.05, 4.69) is 5.32 Å². The molecule has 3 rings (SSSR count). The maximum atomic E-state index is 12.2. The summed E-state index contributed by atoms with van der Waals surface area (Å²) in [5.74, 6) is -1.95. The number of thioether (sulfide) groups is 2. The van der Waals surface area contributed by atoms with Crippen molar-refractivity contribution in [1.82, 2.24) is 15.1 Å². The van der Waals surface area contributed by atoms with Crippen LogP contribution >= 0.6 is 23.5 Å². The van der Waals surface area contributed by atoms with E-state index in [-0.39, 0.29) is 34.2 Å². The van der Waals surface area contributed by atoms with E-state index in [9.17, 15) is 24.6 Å². The number of nitrogens with zero attached hydrogens (tertiary/aromatic N) is 2. The van der Waals surface area contributed by atoms with Gasteiger partial charge in [0.2, 0.25) is 11.8 Å². The molecule has 3 heterocycles. The molecule has 2 fully saturated rings. The Kier molecular flexibility index (Phi) is 5.57. The summed E-state index contributed by atoms with van der Waals surface area (Å²) in [6.45, 7) is 2.24. The molecule has 0 aromatic rings. The molecule has 3 aliphatic rings. The third-order valence-electron chi connectivity index (χ3n) is 4.84. The van der Waals surface area contributed by atoms with E-state index < -0.39 is 18.0 Å². The molecular weight excluding hydrogens is 378 g/mol. The van der Waals surface area contributed by atoms with Gasteiger partial charge in [-0.1, -0.05) is 11.8 Å². The fraction of sp³-hybridized carbons (Fsp3) is 0.688. The number of carboxylic acids is 1. The lowest BCUT2D eigenvalue weighted by Crippen LogP contribution is -2.60. The highest BCUT2D eigenvalue weighted by Gasteiger charge is 2.58. The molecule has 10 heteroatoms. The van der Waals surface area contributed by atoms with E-state index in [1.54, 1.807) is 25.9 Å². The zero-order valence-corrected chi connectivity index (χ0v) is 16.5. The molecule has 0 saturated carbocycles. The molecule has 0 aliphatic carbocycles. The summed E-state index contributed by atoms with van der Waals surface area (Å²) >= 11 is 2.80. The molecule has 0 aromatic heterocycles. The van der Waals surface area contributed by atoms with Crippen LogP contribution in [0.15, 0.2) is 9.93 Å². The Morgan fingerprint density at radius 3 is 2.73 bits per heavy atom. The minimum atomic E-state index is -1.12. The minimum Gasteiger partial charge on any atom is -0.477 e. The number of aliphatic hydroxyl groups excluding tert-OH is 1. The van der Waals surface area contributed by atoms with Crippen LogP contribution in [-0.2, 0) is 14.4 Å². The summed E-state index contributed by atoms with van der Waals surface area (Å²) in [6, 6.07) is 0.0755. The number of hydrogen-bond acceptors (Lipinski definition) is 7. The van der Waals surface area contributed by atoms with Crippen molar-refractivity contribution >= 4 is 41.3 Å². The van der Waals surface area contributed by atoms with Gasteiger partial charge in [-0.25, -0.2) is 4.79 Å². The van der Waals surface area contributed by atoms with Crippen molar-refractivity contribution < 1.29 is 24.6 Å². The highest BCUT2D eigenvalue weighted by molar-refractivity contribution is 8.23. The van der Waals surface area contributed by atoms with Gasteiger partial charge in [-0.15, -0.1) is 11.8 Å². The molecule has 3 N–H and O–H groups in total. The fourth-order valence-corrected chi connectivity index (χ4v) is 6.76. The number of aliphatic hydroxyl groups is 1. The van der Waals surface area contributed by atoms with Gasteiger partial charge < -0.3 is 20.4 Å². The molecule has 0 spiro atoms. The fourth-order valence-electron chi connectivity index (χ4n) is 3.40. The van der Waals surface area contributed by atoms with Crippen molar-refractivity contribution in [3.8, 4) is 0 Å². The van der Waals surface area contributed by atoms with E-state index in [1.165, 1.54) is 28.4 Å². The Labute approximate surface area is 160 Å². The smallest absolute Gasteiger partial charge is 0.354 e. The number of fused-ring (bicyclic) bond motifs is 1. The van der Waals surface area contributed by atoms with Gasteiger partial charge in [0, 0.05) is 38.4 Å². The molecule has 5 atom stereocenters. The molecule has 0 unspecified atom stereocenters. The Hall–Kier alpha value is -1.23. The van der Waals surface area contributed by atoms with Crippen molar-refractivity contribution in [1.29, 1.82) is 0 Å². The van der Waals surface area contributed by atoms with E-state index in [1.807, 2.05) is 0 Å². The molecule has 144 valence electrons. The molecule has 0 aromatic carbocycles. The van der Waals surface area contributed by atoms with E-state index in [0.717, 1.165) is 6.42 Å². The van der Waals surface area contributed by atoms with Crippen LogP contribution in [0.2, 0.25) is 0 Å². The first-order valence-electron chi connectivity index (χ1n) is 8.46. The maximum Gasteiger partial charge on any atom is 0.354 e. The van der Waals surface area contributed by atoms with Crippen LogP contribution < -0.4 is 5.32 Å². The topological polar surface area (TPSA) is 110 Å². The van der Waals surface area contributed by atoms with Crippen LogP contribution in [0.5, 0.6) is 0 Å². The lowest BCUT2D eigenvalue weighted by molar-refractivity contribution is -0.156. The summed E-state index contributed by atoms with van der Waals surface area (Å²) < 4.78 is 0.616. The van der Waals surface area contributed by atoms with Crippen molar-refractivity contribution in [2.45, 2.75) is 42.5 Å². The molecule has 2 amide bonds. The van der Waals surface area contributed by atoms with Gasteiger partial charge in [0.1, 0.15) is 5.37 Å². The van der Waals surface area contributed by atoms with Crippen molar-refractivity contribution in [2.24, 2.45) is 5.92 Å². The number of carboxylic acid groups (broad SMARTS) is 1. The molecule has 2 saturated heterocycles. The first-order valence-corrected chi connectivity index (χ1v) is 10.2. The predicted molar refractivity (Wildman–Crippen MR) is 99.2 cm³/mol. The van der Waals surface area contributed by atoms with Crippen LogP contribution in [0, 0.1) is 5.92 Å². The lowest BCUT2D eigenvalue weighted by Gasteiger charge is -2.43. The maximum absolute atomic E-state index is 12.2. The van der Waals surface area contributed by atoms with Crippen molar-refractivity contribution in [3.05, 3.63) is 9.93 Å². The number of rotatable bonds is 6. The highest BCUT2D eigenvalue weighted by atomic mass is 32.2. The van der Waals surface area contributed by atoms with Crippen LogP contribution in [0.1, 0.15) is 19.8 Å². The second-order valence-electron chi connectivity index (χ2n) is 7.00. The van der Waals surface area contributed by atoms with Gasteiger partial charge in [0.15, 0.2) is 5.70 Å². The monoisotopic (exact) mass is 401 g/mol. The Balaban J connectivity index is 1.66. The number of hydrogen-bond donors (Lipinski definition) is 3. The SMILES string of the molecule is C[C@@H](O)[C@H]1C(=O)N2C(C(=O)O)=C(S[C@@H]3CN[C@H](CC(=O)N(C)C)C3)S[C@H]12. The number of carbonyl (C=O) groups is 3. The summed E-state index contributed by atoms with van der Waals surface area (Å²) in [5.41, 5.74) is 0.0275. The Morgan fingerprint density at radius 2 is 2.15 bits per heavy atom.